The van der Waals surface area contributed by atoms with Crippen LogP contribution in [0.3, 0.4) is 0 Å². The van der Waals surface area contributed by atoms with Gasteiger partial charge in [0, 0.05) is 6.42 Å². The highest BCUT2D eigenvalue weighted by atomic mass is 17.1. The summed E-state index contributed by atoms with van der Waals surface area (Å²) in [5.41, 5.74) is 5.33. The first kappa shape index (κ1) is 23.6. The van der Waals surface area contributed by atoms with Crippen LogP contribution in [0, 0.1) is 0 Å². The highest BCUT2D eigenvalue weighted by molar-refractivity contribution is 5.83. The molecule has 0 spiro atoms. The second kappa shape index (κ2) is 13.8. The molecule has 13 nitrogen and oxygen atoms in total. The molecule has 25 heavy (non-hydrogen) atoms. The molecule has 0 rings (SSSR count). The number of nitrogens with one attached hydrogen (secondary N) is 1. The predicted octanol–water partition coefficient (Wildman–Crippen LogP) is -0.752. The van der Waals surface area contributed by atoms with Crippen LogP contribution >= 0.6 is 0 Å². The Labute approximate surface area is 143 Å². The molecule has 1 amide bonds. The lowest BCUT2D eigenvalue weighted by molar-refractivity contribution is -0.527. The van der Waals surface area contributed by atoms with Crippen LogP contribution in [-0.4, -0.2) is 73.9 Å². The maximum Gasteiger partial charge on any atom is 0.326 e. The SMILES string of the molecule is NCCCCC(NC(=O)CCCC(CON(O)O)ON(O)O)C(=O)O. The van der Waals surface area contributed by atoms with Crippen LogP contribution in [-0.2, 0) is 19.3 Å². The third-order valence-electron chi connectivity index (χ3n) is 3.13. The Kier molecular flexibility index (Phi) is 13.0. The first-order valence-corrected chi connectivity index (χ1v) is 7.64. The summed E-state index contributed by atoms with van der Waals surface area (Å²) in [6, 6.07) is -1.00. The molecule has 2 atom stereocenters. The zero-order chi connectivity index (χ0) is 19.2. The molecule has 0 aromatic rings. The summed E-state index contributed by atoms with van der Waals surface area (Å²) < 4.78 is 0. The number of carbonyl (C=O) groups excluding carboxylic acids is 1. The molecule has 0 aliphatic heterocycles. The van der Waals surface area contributed by atoms with Crippen molar-refractivity contribution in [1.82, 2.24) is 16.1 Å². The molecule has 0 aliphatic carbocycles. The summed E-state index contributed by atoms with van der Waals surface area (Å²) in [4.78, 5) is 31.7. The van der Waals surface area contributed by atoms with E-state index in [1.165, 1.54) is 0 Å². The van der Waals surface area contributed by atoms with Gasteiger partial charge in [-0.25, -0.2) is 14.5 Å². The van der Waals surface area contributed by atoms with Crippen LogP contribution in [0.1, 0.15) is 38.5 Å². The largest absolute Gasteiger partial charge is 0.480 e. The summed E-state index contributed by atoms with van der Waals surface area (Å²) in [7, 11) is 0. The molecule has 0 bridgehead atoms. The van der Waals surface area contributed by atoms with Crippen LogP contribution in [0.4, 0.5) is 0 Å². The zero-order valence-corrected chi connectivity index (χ0v) is 13.7. The lowest BCUT2D eigenvalue weighted by Gasteiger charge is -2.19. The highest BCUT2D eigenvalue weighted by Crippen LogP contribution is 2.08. The Morgan fingerprint density at radius 2 is 1.72 bits per heavy atom. The summed E-state index contributed by atoms with van der Waals surface area (Å²) in [5.74, 6) is -1.63. The lowest BCUT2D eigenvalue weighted by Crippen LogP contribution is -2.40. The Morgan fingerprint density at radius 1 is 1.04 bits per heavy atom. The molecule has 2 unspecified atom stereocenters. The smallest absolute Gasteiger partial charge is 0.326 e. The predicted molar refractivity (Wildman–Crippen MR) is 78.0 cm³/mol. The molecule has 148 valence electrons. The molecule has 0 fully saturated rings. The Bertz CT molecular complexity index is 384. The molecule has 0 aromatic heterocycles. The fourth-order valence-corrected chi connectivity index (χ4v) is 1.96. The van der Waals surface area contributed by atoms with Crippen LogP contribution in [0.2, 0.25) is 0 Å². The molecule has 0 aromatic carbocycles. The molecule has 0 radical (unpaired) electrons. The summed E-state index contributed by atoms with van der Waals surface area (Å²) in [5, 5.41) is 44.4. The molecular weight excluding hydrogens is 344 g/mol. The number of rotatable bonds is 15. The summed E-state index contributed by atoms with van der Waals surface area (Å²) in [6.45, 7) is -0.00133. The van der Waals surface area contributed by atoms with E-state index < -0.39 is 41.4 Å². The van der Waals surface area contributed by atoms with Crippen molar-refractivity contribution in [2.24, 2.45) is 5.73 Å². The average Bonchev–Trinajstić information content (AvgIpc) is 2.50. The van der Waals surface area contributed by atoms with E-state index in [1.807, 2.05) is 0 Å². The van der Waals surface area contributed by atoms with Crippen LogP contribution in [0.5, 0.6) is 0 Å². The monoisotopic (exact) mass is 370 g/mol. The second-order valence-corrected chi connectivity index (χ2v) is 5.16. The topological polar surface area (TPSA) is 198 Å². The Morgan fingerprint density at radius 3 is 2.24 bits per heavy atom. The van der Waals surface area contributed by atoms with E-state index in [9.17, 15) is 9.59 Å². The molecule has 0 saturated heterocycles. The van der Waals surface area contributed by atoms with Gasteiger partial charge in [0.25, 0.3) is 0 Å². The molecule has 0 saturated carbocycles. The number of amides is 1. The first-order chi connectivity index (χ1) is 11.8. The number of aliphatic carboxylic acids is 1. The third-order valence-corrected chi connectivity index (χ3v) is 3.13. The van der Waals surface area contributed by atoms with E-state index >= 15 is 0 Å². The van der Waals surface area contributed by atoms with Crippen molar-refractivity contribution < 1.29 is 45.2 Å². The van der Waals surface area contributed by atoms with Gasteiger partial charge in [-0.3, -0.25) is 25.6 Å². The number of unbranched alkanes of at least 4 members (excludes halogenated alkanes) is 1. The summed E-state index contributed by atoms with van der Waals surface area (Å²) in [6.07, 6.45) is 0.741. The van der Waals surface area contributed by atoms with Gasteiger partial charge in [-0.05, 0) is 38.6 Å². The van der Waals surface area contributed by atoms with E-state index in [-0.39, 0.29) is 25.7 Å². The van der Waals surface area contributed by atoms with E-state index in [2.05, 4.69) is 15.0 Å². The third kappa shape index (κ3) is 13.5. The maximum atomic E-state index is 11.8. The van der Waals surface area contributed by atoms with Crippen LogP contribution in [0.25, 0.3) is 0 Å². The van der Waals surface area contributed by atoms with Gasteiger partial charge in [0.1, 0.15) is 18.8 Å². The van der Waals surface area contributed by atoms with Crippen molar-refractivity contribution in [3.8, 4) is 0 Å². The molecule has 0 aliphatic rings. The number of hydrogen-bond acceptors (Lipinski definition) is 11. The van der Waals surface area contributed by atoms with Gasteiger partial charge in [0.2, 0.25) is 5.91 Å². The van der Waals surface area contributed by atoms with Crippen molar-refractivity contribution in [1.29, 1.82) is 0 Å². The van der Waals surface area contributed by atoms with E-state index in [1.54, 1.807) is 0 Å². The van der Waals surface area contributed by atoms with Gasteiger partial charge in [-0.1, -0.05) is 0 Å². The normalized spacial score (nSPS) is 13.9. The number of carboxylic acids is 1. The minimum absolute atomic E-state index is 0.0423. The number of hydrogen-bond donors (Lipinski definition) is 7. The van der Waals surface area contributed by atoms with Gasteiger partial charge < -0.3 is 16.2 Å². The first-order valence-electron chi connectivity index (χ1n) is 7.64. The van der Waals surface area contributed by atoms with Gasteiger partial charge in [-0.2, -0.15) is 0 Å². The molecular formula is C12H26N4O9. The quantitative estimate of drug-likeness (QED) is 0.141. The van der Waals surface area contributed by atoms with E-state index in [0.29, 0.717) is 19.4 Å². The number of nitrogens with zero attached hydrogens (tertiary/aromatic N) is 2. The maximum absolute atomic E-state index is 11.8. The van der Waals surface area contributed by atoms with Crippen LogP contribution in [0.15, 0.2) is 0 Å². The van der Waals surface area contributed by atoms with Crippen molar-refractivity contribution >= 4 is 11.9 Å². The van der Waals surface area contributed by atoms with Gasteiger partial charge >= 0.3 is 5.97 Å². The standard InChI is InChI=1S/C12H26N4O9/c13-7-2-1-5-10(12(18)19)14-11(17)6-3-4-9(25-16(22)23)8-24-15(20)21/h9-10,20-23H,1-8,13H2,(H,14,17)(H,18,19). The van der Waals surface area contributed by atoms with E-state index in [0.717, 1.165) is 0 Å². The van der Waals surface area contributed by atoms with Crippen molar-refractivity contribution in [3.05, 3.63) is 0 Å². The van der Waals surface area contributed by atoms with Gasteiger partial charge in [-0.15, -0.1) is 0 Å². The molecule has 8 N–H and O–H groups in total. The van der Waals surface area contributed by atoms with Gasteiger partial charge in [0.15, 0.2) is 0 Å². The van der Waals surface area contributed by atoms with E-state index in [4.69, 9.17) is 31.7 Å². The fraction of sp³-hybridized carbons (Fsp3) is 0.833. The lowest BCUT2D eigenvalue weighted by atomic mass is 10.1. The Balaban J connectivity index is 4.22. The fourth-order valence-electron chi connectivity index (χ4n) is 1.96. The van der Waals surface area contributed by atoms with Gasteiger partial charge in [0.05, 0.1) is 10.8 Å². The molecule has 13 heteroatoms. The van der Waals surface area contributed by atoms with Crippen molar-refractivity contribution in [2.45, 2.75) is 50.7 Å². The van der Waals surface area contributed by atoms with Crippen LogP contribution < -0.4 is 11.1 Å². The Hall–Kier alpha value is -1.42. The highest BCUT2D eigenvalue weighted by Gasteiger charge is 2.20. The van der Waals surface area contributed by atoms with Crippen molar-refractivity contribution in [2.75, 3.05) is 13.2 Å². The number of carbonyl (C=O) groups is 2. The minimum Gasteiger partial charge on any atom is -0.480 e. The number of carboxylic acid groups (broad SMARTS) is 1. The average molecular weight is 370 g/mol. The zero-order valence-electron chi connectivity index (χ0n) is 13.7. The number of nitrogens with two attached hydrogens (primary N) is 1. The second-order valence-electron chi connectivity index (χ2n) is 5.16. The minimum atomic E-state index is -1.14. The summed E-state index contributed by atoms with van der Waals surface area (Å²) >= 11 is 0. The van der Waals surface area contributed by atoms with Crippen molar-refractivity contribution in [3.63, 3.8) is 0 Å². The molecule has 0 heterocycles.